The first-order chi connectivity index (χ1) is 13.9. The molecule has 3 aromatic rings. The van der Waals surface area contributed by atoms with Crippen molar-refractivity contribution in [3.63, 3.8) is 0 Å². The first kappa shape index (κ1) is 20.4. The summed E-state index contributed by atoms with van der Waals surface area (Å²) in [5.41, 5.74) is 2.63. The van der Waals surface area contributed by atoms with Gasteiger partial charge in [-0.2, -0.15) is 0 Å². The maximum Gasteiger partial charge on any atom is 0.295 e. The van der Waals surface area contributed by atoms with E-state index >= 15 is 0 Å². The number of carbonyl (C=O) groups is 1. The number of benzene rings is 2. The van der Waals surface area contributed by atoms with Crippen molar-refractivity contribution in [2.75, 3.05) is 11.9 Å². The predicted molar refractivity (Wildman–Crippen MR) is 112 cm³/mol. The maximum absolute atomic E-state index is 12.9. The van der Waals surface area contributed by atoms with Gasteiger partial charge < -0.3 is 10.6 Å². The molecule has 0 aliphatic rings. The van der Waals surface area contributed by atoms with Crippen LogP contribution in [0.25, 0.3) is 5.69 Å². The quantitative estimate of drug-likeness (QED) is 0.645. The van der Waals surface area contributed by atoms with Gasteiger partial charge in [0, 0.05) is 13.6 Å². The first-order valence-electron chi connectivity index (χ1n) is 9.51. The molecule has 1 atom stereocenters. The number of carbonyl (C=O) groups excluding carboxylic acids is 1. The second kappa shape index (κ2) is 8.77. The molecule has 0 aliphatic heterocycles. The number of rotatable bonds is 7. The Kier molecular flexibility index (Phi) is 6.16. The summed E-state index contributed by atoms with van der Waals surface area (Å²) in [4.78, 5) is 25.3. The largest absolute Gasteiger partial charge is 0.368 e. The van der Waals surface area contributed by atoms with Crippen LogP contribution in [0, 0.1) is 12.7 Å². The minimum Gasteiger partial charge on any atom is -0.368 e. The zero-order chi connectivity index (χ0) is 21.0. The lowest BCUT2D eigenvalue weighted by molar-refractivity contribution is -0.121. The average molecular weight is 396 g/mol. The fourth-order valence-electron chi connectivity index (χ4n) is 3.15. The molecule has 152 valence electrons. The summed E-state index contributed by atoms with van der Waals surface area (Å²) < 4.78 is 16.3. The van der Waals surface area contributed by atoms with Crippen LogP contribution in [0.1, 0.15) is 18.2 Å². The summed E-state index contributed by atoms with van der Waals surface area (Å²) in [5, 5.41) is 5.90. The van der Waals surface area contributed by atoms with Gasteiger partial charge in [-0.15, -0.1) is 0 Å². The third-order valence-electron chi connectivity index (χ3n) is 4.93. The molecule has 29 heavy (non-hydrogen) atoms. The Bertz CT molecular complexity index is 1040. The maximum atomic E-state index is 12.9. The molecule has 1 heterocycles. The van der Waals surface area contributed by atoms with Crippen molar-refractivity contribution < 1.29 is 9.18 Å². The highest BCUT2D eigenvalue weighted by atomic mass is 19.1. The third kappa shape index (κ3) is 4.56. The van der Waals surface area contributed by atoms with Crippen molar-refractivity contribution in [3.8, 4) is 5.69 Å². The molecule has 0 bridgehead atoms. The Morgan fingerprint density at radius 1 is 1.10 bits per heavy atom. The van der Waals surface area contributed by atoms with Crippen LogP contribution in [0.4, 0.5) is 10.1 Å². The number of nitrogens with zero attached hydrogens (tertiary/aromatic N) is 2. The van der Waals surface area contributed by atoms with E-state index in [1.807, 2.05) is 44.3 Å². The van der Waals surface area contributed by atoms with E-state index in [2.05, 4.69) is 10.6 Å². The number of para-hydroxylation sites is 1. The average Bonchev–Trinajstić information content (AvgIpc) is 2.93. The first-order valence-corrected chi connectivity index (χ1v) is 9.51. The molecule has 1 amide bonds. The van der Waals surface area contributed by atoms with Crippen LogP contribution in [0.2, 0.25) is 0 Å². The molecule has 0 aliphatic carbocycles. The molecule has 0 fully saturated rings. The van der Waals surface area contributed by atoms with E-state index in [0.29, 0.717) is 18.7 Å². The molecule has 3 rings (SSSR count). The van der Waals surface area contributed by atoms with Crippen LogP contribution in [0.5, 0.6) is 0 Å². The number of hydrogen-bond acceptors (Lipinski definition) is 3. The van der Waals surface area contributed by atoms with E-state index in [4.69, 9.17) is 0 Å². The van der Waals surface area contributed by atoms with Gasteiger partial charge in [0.1, 0.15) is 17.5 Å². The normalized spacial score (nSPS) is 11.9. The number of aromatic nitrogens is 2. The molecule has 0 spiro atoms. The van der Waals surface area contributed by atoms with Crippen LogP contribution in [0.15, 0.2) is 59.4 Å². The Hall–Kier alpha value is -3.35. The highest BCUT2D eigenvalue weighted by molar-refractivity contribution is 5.84. The van der Waals surface area contributed by atoms with Gasteiger partial charge in [-0.05, 0) is 50.1 Å². The minimum absolute atomic E-state index is 0.206. The third-order valence-corrected chi connectivity index (χ3v) is 4.93. The topological polar surface area (TPSA) is 68.1 Å². The van der Waals surface area contributed by atoms with Gasteiger partial charge in [0.15, 0.2) is 0 Å². The van der Waals surface area contributed by atoms with Gasteiger partial charge in [0.2, 0.25) is 5.91 Å². The van der Waals surface area contributed by atoms with Crippen molar-refractivity contribution >= 4 is 11.6 Å². The fraction of sp³-hybridized carbons (Fsp3) is 0.273. The molecule has 2 N–H and O–H groups in total. The molecule has 1 unspecified atom stereocenters. The molecular formula is C22H25FN4O2. The Labute approximate surface area is 169 Å². The van der Waals surface area contributed by atoms with E-state index < -0.39 is 6.04 Å². The lowest BCUT2D eigenvalue weighted by Gasteiger charge is -2.14. The van der Waals surface area contributed by atoms with Gasteiger partial charge >= 0.3 is 0 Å². The van der Waals surface area contributed by atoms with Crippen molar-refractivity contribution in [3.05, 3.63) is 82.0 Å². The molecular weight excluding hydrogens is 371 g/mol. The van der Waals surface area contributed by atoms with Crippen LogP contribution in [-0.4, -0.2) is 27.9 Å². The second-order valence-electron chi connectivity index (χ2n) is 6.97. The fourth-order valence-corrected chi connectivity index (χ4v) is 3.15. The van der Waals surface area contributed by atoms with Gasteiger partial charge in [-0.1, -0.05) is 30.3 Å². The molecule has 7 heteroatoms. The van der Waals surface area contributed by atoms with E-state index in [0.717, 1.165) is 16.9 Å². The summed E-state index contributed by atoms with van der Waals surface area (Å²) in [6.45, 7) is 3.98. The lowest BCUT2D eigenvalue weighted by Crippen LogP contribution is -2.39. The summed E-state index contributed by atoms with van der Waals surface area (Å²) in [7, 11) is 1.81. The predicted octanol–water partition coefficient (Wildman–Crippen LogP) is 2.78. The lowest BCUT2D eigenvalue weighted by atomic mass is 10.1. The zero-order valence-corrected chi connectivity index (χ0v) is 16.8. The van der Waals surface area contributed by atoms with E-state index in [1.54, 1.807) is 28.4 Å². The van der Waals surface area contributed by atoms with Gasteiger partial charge in [0.25, 0.3) is 5.56 Å². The molecule has 1 aromatic heterocycles. The number of nitrogens with one attached hydrogen (secondary N) is 2. The van der Waals surface area contributed by atoms with E-state index in [1.165, 1.54) is 12.1 Å². The molecule has 0 radical (unpaired) electrons. The molecule has 0 saturated heterocycles. The summed E-state index contributed by atoms with van der Waals surface area (Å²) in [6, 6.07) is 15.0. The number of anilines is 1. The molecule has 6 nitrogen and oxygen atoms in total. The van der Waals surface area contributed by atoms with Gasteiger partial charge in [0.05, 0.1) is 11.4 Å². The van der Waals surface area contributed by atoms with Gasteiger partial charge in [-0.3, -0.25) is 14.3 Å². The van der Waals surface area contributed by atoms with Gasteiger partial charge in [-0.25, -0.2) is 9.07 Å². The monoisotopic (exact) mass is 396 g/mol. The van der Waals surface area contributed by atoms with Crippen LogP contribution in [0.3, 0.4) is 0 Å². The van der Waals surface area contributed by atoms with Crippen molar-refractivity contribution in [1.29, 1.82) is 0 Å². The number of halogens is 1. The smallest absolute Gasteiger partial charge is 0.295 e. The Balaban J connectivity index is 1.65. The minimum atomic E-state index is -0.582. The van der Waals surface area contributed by atoms with Crippen molar-refractivity contribution in [1.82, 2.24) is 14.7 Å². The Morgan fingerprint density at radius 3 is 2.41 bits per heavy atom. The molecule has 0 saturated carbocycles. The van der Waals surface area contributed by atoms with Crippen LogP contribution in [-0.2, 0) is 18.3 Å². The van der Waals surface area contributed by atoms with Crippen molar-refractivity contribution in [2.24, 2.45) is 7.05 Å². The van der Waals surface area contributed by atoms with E-state index in [9.17, 15) is 14.0 Å². The SMILES string of the molecule is Cc1c(NC(C)C(=O)NCCc2ccc(F)cc2)c(=O)n(-c2ccccc2)n1C. The summed E-state index contributed by atoms with van der Waals surface area (Å²) in [5.74, 6) is -0.490. The highest BCUT2D eigenvalue weighted by Gasteiger charge is 2.20. The highest BCUT2D eigenvalue weighted by Crippen LogP contribution is 2.14. The van der Waals surface area contributed by atoms with Crippen LogP contribution < -0.4 is 16.2 Å². The summed E-state index contributed by atoms with van der Waals surface area (Å²) >= 11 is 0. The van der Waals surface area contributed by atoms with E-state index in [-0.39, 0.29) is 17.3 Å². The molecule has 2 aromatic carbocycles. The van der Waals surface area contributed by atoms with Crippen molar-refractivity contribution in [2.45, 2.75) is 26.3 Å². The summed E-state index contributed by atoms with van der Waals surface area (Å²) in [6.07, 6.45) is 0.601. The number of hydrogen-bond donors (Lipinski definition) is 2. The van der Waals surface area contributed by atoms with Crippen LogP contribution >= 0.6 is 0 Å². The second-order valence-corrected chi connectivity index (χ2v) is 6.97. The standard InChI is InChI=1S/C22H25FN4O2/c1-15(21(28)24-14-13-17-9-11-18(23)12-10-17)25-20-16(2)26(3)27(22(20)29)19-7-5-4-6-8-19/h4-12,15,25H,13-14H2,1-3H3,(H,24,28). The number of amides is 1. The Morgan fingerprint density at radius 2 is 1.76 bits per heavy atom. The zero-order valence-electron chi connectivity index (χ0n) is 16.8.